The molecule has 0 spiro atoms. The second kappa shape index (κ2) is 11.6. The van der Waals surface area contributed by atoms with Crippen molar-refractivity contribution in [2.24, 2.45) is 0 Å². The number of amides is 1. The summed E-state index contributed by atoms with van der Waals surface area (Å²) in [5, 5.41) is 16.5. The van der Waals surface area contributed by atoms with Crippen LogP contribution < -0.4 is 10.3 Å². The number of aryl methyl sites for hydroxylation is 1. The Hall–Kier alpha value is -4.01. The first-order chi connectivity index (χ1) is 19.4. The number of nitrogens with zero attached hydrogens (tertiary/aromatic N) is 5. The molecule has 0 aliphatic carbocycles. The fourth-order valence-electron chi connectivity index (χ4n) is 5.04. The Labute approximate surface area is 242 Å². The van der Waals surface area contributed by atoms with Crippen LogP contribution >= 0.6 is 23.2 Å². The van der Waals surface area contributed by atoms with Gasteiger partial charge < -0.3 is 9.80 Å². The molecular weight excluding hydrogens is 545 g/mol. The van der Waals surface area contributed by atoms with Crippen LogP contribution in [0.2, 0.25) is 10.0 Å². The van der Waals surface area contributed by atoms with E-state index in [4.69, 9.17) is 28.6 Å². The highest BCUT2D eigenvalue weighted by Gasteiger charge is 2.29. The van der Waals surface area contributed by atoms with Crippen molar-refractivity contribution in [1.29, 1.82) is 0 Å². The topological polar surface area (TPSA) is 104 Å². The summed E-state index contributed by atoms with van der Waals surface area (Å²) in [6, 6.07) is 15.0. The first-order valence-corrected chi connectivity index (χ1v) is 14.0. The number of piperazine rings is 1. The van der Waals surface area contributed by atoms with Gasteiger partial charge in [-0.25, -0.2) is 15.4 Å². The van der Waals surface area contributed by atoms with Gasteiger partial charge in [0.1, 0.15) is 12.1 Å². The zero-order valence-electron chi connectivity index (χ0n) is 22.6. The summed E-state index contributed by atoms with van der Waals surface area (Å²) in [5.74, 6) is 0.611. The largest absolute Gasteiger partial charge is 0.352 e. The molecule has 8 nitrogen and oxygen atoms in total. The van der Waals surface area contributed by atoms with Gasteiger partial charge >= 0.3 is 5.91 Å². The van der Waals surface area contributed by atoms with E-state index in [1.54, 1.807) is 35.5 Å². The molecule has 10 heteroatoms. The predicted molar refractivity (Wildman–Crippen MR) is 162 cm³/mol. The van der Waals surface area contributed by atoms with Gasteiger partial charge in [-0.05, 0) is 60.5 Å². The van der Waals surface area contributed by atoms with E-state index >= 15 is 0 Å². The van der Waals surface area contributed by atoms with Gasteiger partial charge in [0.15, 0.2) is 0 Å². The van der Waals surface area contributed by atoms with Crippen molar-refractivity contribution in [3.05, 3.63) is 82.2 Å². The van der Waals surface area contributed by atoms with Gasteiger partial charge in [0.05, 0.1) is 22.8 Å². The number of carbonyl (C=O) groups is 1. The Bertz CT molecular complexity index is 1710. The van der Waals surface area contributed by atoms with Crippen molar-refractivity contribution in [2.75, 3.05) is 31.1 Å². The number of benzene rings is 3. The van der Waals surface area contributed by atoms with E-state index in [-0.39, 0.29) is 11.6 Å². The molecule has 1 fully saturated rings. The molecule has 0 radical (unpaired) electrons. The Morgan fingerprint density at radius 1 is 0.950 bits per heavy atom. The van der Waals surface area contributed by atoms with E-state index in [1.165, 1.54) is 0 Å². The van der Waals surface area contributed by atoms with Crippen LogP contribution in [0.3, 0.4) is 0 Å². The van der Waals surface area contributed by atoms with E-state index in [0.29, 0.717) is 41.8 Å². The summed E-state index contributed by atoms with van der Waals surface area (Å²) in [5.41, 5.74) is 5.66. The highest BCUT2D eigenvalue weighted by Crippen LogP contribution is 2.39. The van der Waals surface area contributed by atoms with Gasteiger partial charge in [0.25, 0.3) is 5.71 Å². The molecule has 3 aromatic carbocycles. The lowest BCUT2D eigenvalue weighted by atomic mass is 9.96. The highest BCUT2D eigenvalue weighted by molar-refractivity contribution is 6.42. The number of hydrogen-bond acceptors (Lipinski definition) is 5. The van der Waals surface area contributed by atoms with Crippen molar-refractivity contribution in [3.8, 4) is 11.1 Å². The van der Waals surface area contributed by atoms with Crippen LogP contribution in [0.15, 0.2) is 61.1 Å². The number of halogens is 2. The van der Waals surface area contributed by atoms with Gasteiger partial charge in [-0.1, -0.05) is 43.1 Å². The molecule has 3 heterocycles. The zero-order valence-corrected chi connectivity index (χ0v) is 24.1. The summed E-state index contributed by atoms with van der Waals surface area (Å²) < 4.78 is 0. The van der Waals surface area contributed by atoms with Crippen molar-refractivity contribution in [2.45, 2.75) is 20.8 Å². The van der Waals surface area contributed by atoms with Crippen LogP contribution in [0.25, 0.3) is 32.9 Å². The molecule has 0 unspecified atom stereocenters. The predicted octanol–water partition coefficient (Wildman–Crippen LogP) is 4.71. The summed E-state index contributed by atoms with van der Waals surface area (Å²) in [6.07, 6.45) is 3.39. The quantitative estimate of drug-likeness (QED) is 0.302. The second-order valence-electron chi connectivity index (χ2n) is 9.33. The number of hydrogen-bond donors (Lipinski definition) is 2. The van der Waals surface area contributed by atoms with E-state index in [9.17, 15) is 4.79 Å². The molecule has 6 rings (SSSR count). The molecular formula is C30H30Cl2N7O+. The number of carbonyl (C=O) groups excluding carboxylic acids is 1. The third-order valence-corrected chi connectivity index (χ3v) is 7.62. The maximum atomic E-state index is 13.0. The SMILES string of the molecule is CC.Cc1ccc2[nH]ncc2c1-c1cc2ncnc(N3CCN(C(=O)C(=[NH2+])c4ccc(Cl)cc4)CC3)c2cc1Cl. The third kappa shape index (κ3) is 5.12. The number of aromatic amines is 1. The normalized spacial score (nSPS) is 13.3. The van der Waals surface area contributed by atoms with Crippen molar-refractivity contribution >= 4 is 62.4 Å². The van der Waals surface area contributed by atoms with Gasteiger partial charge in [0.2, 0.25) is 0 Å². The van der Waals surface area contributed by atoms with Gasteiger partial charge in [0, 0.05) is 52.6 Å². The minimum Gasteiger partial charge on any atom is -0.352 e. The zero-order chi connectivity index (χ0) is 28.4. The molecule has 0 bridgehead atoms. The smallest absolute Gasteiger partial charge is 0.318 e. The molecule has 204 valence electrons. The minimum atomic E-state index is -0.184. The molecule has 3 N–H and O–H groups in total. The van der Waals surface area contributed by atoms with E-state index < -0.39 is 0 Å². The molecule has 0 atom stereocenters. The summed E-state index contributed by atoms with van der Waals surface area (Å²) >= 11 is 12.8. The van der Waals surface area contributed by atoms with E-state index in [2.05, 4.69) is 38.1 Å². The summed E-state index contributed by atoms with van der Waals surface area (Å²) in [4.78, 5) is 26.1. The molecule has 0 saturated carbocycles. The molecule has 5 aromatic rings. The Morgan fingerprint density at radius 2 is 1.68 bits per heavy atom. The molecule has 1 saturated heterocycles. The third-order valence-electron chi connectivity index (χ3n) is 7.06. The molecule has 1 amide bonds. The molecule has 1 aliphatic rings. The molecule has 40 heavy (non-hydrogen) atoms. The summed E-state index contributed by atoms with van der Waals surface area (Å²) in [7, 11) is 0. The number of nitrogens with one attached hydrogen (secondary N) is 1. The van der Waals surface area contributed by atoms with Crippen LogP contribution in [0, 0.1) is 6.92 Å². The fraction of sp³-hybridized carbons (Fsp3) is 0.233. The highest BCUT2D eigenvalue weighted by atomic mass is 35.5. The summed E-state index contributed by atoms with van der Waals surface area (Å²) in [6.45, 7) is 8.32. The van der Waals surface area contributed by atoms with Crippen molar-refractivity contribution < 1.29 is 10.2 Å². The lowest BCUT2D eigenvalue weighted by Gasteiger charge is -2.35. The molecule has 2 aromatic heterocycles. The number of rotatable bonds is 4. The van der Waals surface area contributed by atoms with Crippen molar-refractivity contribution in [3.63, 3.8) is 0 Å². The van der Waals surface area contributed by atoms with Crippen LogP contribution in [0.4, 0.5) is 5.82 Å². The number of nitrogens with two attached hydrogens (primary N) is 1. The monoisotopic (exact) mass is 574 g/mol. The second-order valence-corrected chi connectivity index (χ2v) is 10.2. The van der Waals surface area contributed by atoms with E-state index in [0.717, 1.165) is 44.3 Å². The maximum absolute atomic E-state index is 13.0. The first-order valence-electron chi connectivity index (χ1n) is 13.2. The first kappa shape index (κ1) is 27.6. The number of fused-ring (bicyclic) bond motifs is 2. The minimum absolute atomic E-state index is 0.184. The van der Waals surface area contributed by atoms with Crippen LogP contribution in [-0.4, -0.2) is 62.9 Å². The Morgan fingerprint density at radius 3 is 2.40 bits per heavy atom. The van der Waals surface area contributed by atoms with E-state index in [1.807, 2.05) is 38.2 Å². The Kier molecular flexibility index (Phi) is 8.00. The standard InChI is InChI=1S/C28H23Cl2N7O.C2H6/c1-16-2-7-23-21(14-34-35-23)25(16)19-13-24-20(12-22(19)30)27(33-15-32-24)36-8-10-37(11-9-36)28(38)26(31)17-3-5-18(29)6-4-17;1-2/h2-7,12-15,31H,8-11H2,1H3,(H,34,35);1-2H3/p+1. The van der Waals surface area contributed by atoms with Gasteiger partial charge in [-0.2, -0.15) is 5.10 Å². The van der Waals surface area contributed by atoms with Crippen molar-refractivity contribution in [1.82, 2.24) is 25.1 Å². The average molecular weight is 576 g/mol. The average Bonchev–Trinajstić information content (AvgIpc) is 3.46. The lowest BCUT2D eigenvalue weighted by molar-refractivity contribution is -0.142. The van der Waals surface area contributed by atoms with Crippen LogP contribution in [-0.2, 0) is 4.79 Å². The van der Waals surface area contributed by atoms with Gasteiger partial charge in [-0.3, -0.25) is 9.89 Å². The lowest BCUT2D eigenvalue weighted by Crippen LogP contribution is -2.56. The Balaban J connectivity index is 0.00000158. The maximum Gasteiger partial charge on any atom is 0.318 e. The van der Waals surface area contributed by atoms with Gasteiger partial charge in [-0.15, -0.1) is 0 Å². The number of H-pyrrole nitrogens is 1. The molecule has 1 aliphatic heterocycles. The number of aromatic nitrogens is 4. The number of anilines is 1. The van der Waals surface area contributed by atoms with Crippen LogP contribution in [0.1, 0.15) is 25.0 Å². The fourth-order valence-corrected chi connectivity index (χ4v) is 5.42. The van der Waals surface area contributed by atoms with Crippen LogP contribution in [0.5, 0.6) is 0 Å².